The van der Waals surface area contributed by atoms with Gasteiger partial charge in [0.1, 0.15) is 0 Å². The monoisotopic (exact) mass is 279 g/mol. The van der Waals surface area contributed by atoms with Gasteiger partial charge < -0.3 is 21.1 Å². The van der Waals surface area contributed by atoms with Gasteiger partial charge in [-0.2, -0.15) is 0 Å². The molecular weight excluding hydrogens is 258 g/mol. The van der Waals surface area contributed by atoms with Crippen molar-refractivity contribution in [1.29, 1.82) is 0 Å². The molecule has 4 N–H and O–H groups in total. The summed E-state index contributed by atoms with van der Waals surface area (Å²) in [6.45, 7) is 1.99. The van der Waals surface area contributed by atoms with Crippen molar-refractivity contribution in [2.45, 2.75) is 25.8 Å². The first-order chi connectivity index (χ1) is 9.31. The third-order valence-corrected chi connectivity index (χ3v) is 2.96. The number of rotatable bonds is 6. The SMILES string of the molecule is Cc1ccc(NC(=O)C(N)CCC(=O)O)cc1N(C)C. The van der Waals surface area contributed by atoms with Crippen LogP contribution < -0.4 is 16.0 Å². The van der Waals surface area contributed by atoms with E-state index in [4.69, 9.17) is 10.8 Å². The van der Waals surface area contributed by atoms with Crippen molar-refractivity contribution in [3.8, 4) is 0 Å². The number of carbonyl (C=O) groups excluding carboxylic acids is 1. The summed E-state index contributed by atoms with van der Waals surface area (Å²) in [4.78, 5) is 24.3. The van der Waals surface area contributed by atoms with Gasteiger partial charge in [0, 0.05) is 31.9 Å². The van der Waals surface area contributed by atoms with E-state index >= 15 is 0 Å². The predicted octanol–water partition coefficient (Wildman–Crippen LogP) is 1.19. The van der Waals surface area contributed by atoms with Crippen LogP contribution in [0.25, 0.3) is 0 Å². The average Bonchev–Trinajstić information content (AvgIpc) is 2.37. The van der Waals surface area contributed by atoms with Gasteiger partial charge in [0.25, 0.3) is 0 Å². The molecule has 0 aliphatic heterocycles. The average molecular weight is 279 g/mol. The van der Waals surface area contributed by atoms with Crippen LogP contribution in [0.4, 0.5) is 11.4 Å². The number of amides is 1. The van der Waals surface area contributed by atoms with Crippen molar-refractivity contribution in [3.63, 3.8) is 0 Å². The summed E-state index contributed by atoms with van der Waals surface area (Å²) in [5.41, 5.74) is 8.41. The zero-order chi connectivity index (χ0) is 15.3. The van der Waals surface area contributed by atoms with Gasteiger partial charge in [0.2, 0.25) is 5.91 Å². The van der Waals surface area contributed by atoms with Crippen molar-refractivity contribution in [1.82, 2.24) is 0 Å². The lowest BCUT2D eigenvalue weighted by molar-refractivity contribution is -0.137. The molecule has 1 rings (SSSR count). The molecule has 0 saturated heterocycles. The minimum absolute atomic E-state index is 0.119. The third kappa shape index (κ3) is 4.55. The molecule has 1 atom stereocenters. The molecule has 1 aromatic rings. The fourth-order valence-corrected chi connectivity index (χ4v) is 1.81. The molecule has 6 heteroatoms. The van der Waals surface area contributed by atoms with Crippen LogP contribution in [0.15, 0.2) is 18.2 Å². The highest BCUT2D eigenvalue weighted by Crippen LogP contribution is 2.22. The Hall–Kier alpha value is -2.08. The Morgan fingerprint density at radius 2 is 2.05 bits per heavy atom. The maximum atomic E-state index is 11.8. The number of aryl methyl sites for hydroxylation is 1. The molecule has 20 heavy (non-hydrogen) atoms. The molecule has 1 aromatic carbocycles. The van der Waals surface area contributed by atoms with E-state index in [-0.39, 0.29) is 18.7 Å². The van der Waals surface area contributed by atoms with E-state index in [1.54, 1.807) is 6.07 Å². The maximum Gasteiger partial charge on any atom is 0.303 e. The molecule has 0 aliphatic carbocycles. The van der Waals surface area contributed by atoms with Crippen LogP contribution in [0.1, 0.15) is 18.4 Å². The highest BCUT2D eigenvalue weighted by molar-refractivity contribution is 5.95. The van der Waals surface area contributed by atoms with Gasteiger partial charge in [-0.05, 0) is 31.0 Å². The predicted molar refractivity (Wildman–Crippen MR) is 79.0 cm³/mol. The number of benzene rings is 1. The molecule has 0 saturated carbocycles. The largest absolute Gasteiger partial charge is 0.481 e. The lowest BCUT2D eigenvalue weighted by Gasteiger charge is -2.18. The smallest absolute Gasteiger partial charge is 0.303 e. The maximum absolute atomic E-state index is 11.8. The molecule has 0 bridgehead atoms. The van der Waals surface area contributed by atoms with Crippen LogP contribution in [-0.2, 0) is 9.59 Å². The molecule has 0 aromatic heterocycles. The number of carboxylic acid groups (broad SMARTS) is 1. The number of nitrogens with one attached hydrogen (secondary N) is 1. The highest BCUT2D eigenvalue weighted by atomic mass is 16.4. The van der Waals surface area contributed by atoms with Gasteiger partial charge in [-0.3, -0.25) is 9.59 Å². The lowest BCUT2D eigenvalue weighted by Crippen LogP contribution is -2.36. The van der Waals surface area contributed by atoms with E-state index in [0.717, 1.165) is 11.3 Å². The Bertz CT molecular complexity index is 500. The summed E-state index contributed by atoms with van der Waals surface area (Å²) >= 11 is 0. The number of aliphatic carboxylic acids is 1. The Balaban J connectivity index is 2.70. The van der Waals surface area contributed by atoms with E-state index in [0.29, 0.717) is 5.69 Å². The lowest BCUT2D eigenvalue weighted by atomic mass is 10.1. The minimum atomic E-state index is -0.960. The summed E-state index contributed by atoms with van der Waals surface area (Å²) < 4.78 is 0. The molecule has 0 heterocycles. The minimum Gasteiger partial charge on any atom is -0.481 e. The molecule has 0 radical (unpaired) electrons. The quantitative estimate of drug-likeness (QED) is 0.727. The van der Waals surface area contributed by atoms with E-state index in [1.807, 2.05) is 38.1 Å². The van der Waals surface area contributed by atoms with Gasteiger partial charge >= 0.3 is 5.97 Å². The van der Waals surface area contributed by atoms with Crippen molar-refractivity contribution in [2.75, 3.05) is 24.3 Å². The van der Waals surface area contributed by atoms with Crippen LogP contribution in [0, 0.1) is 6.92 Å². The van der Waals surface area contributed by atoms with E-state index in [1.165, 1.54) is 0 Å². The molecule has 1 unspecified atom stereocenters. The first-order valence-corrected chi connectivity index (χ1v) is 6.37. The zero-order valence-corrected chi connectivity index (χ0v) is 12.0. The number of nitrogens with two attached hydrogens (primary N) is 1. The molecule has 0 spiro atoms. The number of carboxylic acids is 1. The van der Waals surface area contributed by atoms with E-state index in [2.05, 4.69) is 5.32 Å². The summed E-state index contributed by atoms with van der Waals surface area (Å²) in [5.74, 6) is -1.33. The number of hydrogen-bond acceptors (Lipinski definition) is 4. The van der Waals surface area contributed by atoms with Crippen LogP contribution in [0.3, 0.4) is 0 Å². The summed E-state index contributed by atoms with van der Waals surface area (Å²) in [5, 5.41) is 11.3. The summed E-state index contributed by atoms with van der Waals surface area (Å²) in [7, 11) is 3.85. The molecular formula is C14H21N3O3. The Labute approximate surface area is 118 Å². The summed E-state index contributed by atoms with van der Waals surface area (Å²) in [6.07, 6.45) is -0.000994. The fraction of sp³-hybridized carbons (Fsp3) is 0.429. The van der Waals surface area contributed by atoms with Crippen LogP contribution in [0.2, 0.25) is 0 Å². The number of hydrogen-bond donors (Lipinski definition) is 3. The van der Waals surface area contributed by atoms with Crippen LogP contribution in [0.5, 0.6) is 0 Å². The second-order valence-electron chi connectivity index (χ2n) is 4.92. The topological polar surface area (TPSA) is 95.7 Å². The normalized spacial score (nSPS) is 11.8. The molecule has 1 amide bonds. The number of nitrogens with zero attached hydrogens (tertiary/aromatic N) is 1. The van der Waals surface area contributed by atoms with Crippen LogP contribution >= 0.6 is 0 Å². The van der Waals surface area contributed by atoms with Crippen molar-refractivity contribution >= 4 is 23.3 Å². The molecule has 0 aliphatic rings. The molecule has 6 nitrogen and oxygen atoms in total. The van der Waals surface area contributed by atoms with Gasteiger partial charge in [-0.1, -0.05) is 6.07 Å². The van der Waals surface area contributed by atoms with E-state index in [9.17, 15) is 9.59 Å². The van der Waals surface area contributed by atoms with Crippen molar-refractivity contribution < 1.29 is 14.7 Å². The Kier molecular flexibility index (Phi) is 5.52. The first kappa shape index (κ1) is 16.0. The van der Waals surface area contributed by atoms with Gasteiger partial charge in [-0.15, -0.1) is 0 Å². The standard InChI is InChI=1S/C14H21N3O3/c1-9-4-5-10(8-12(9)17(2)3)16-14(20)11(15)6-7-13(18)19/h4-5,8,11H,6-7,15H2,1-3H3,(H,16,20)(H,18,19). The zero-order valence-electron chi connectivity index (χ0n) is 12.0. The number of anilines is 2. The highest BCUT2D eigenvalue weighted by Gasteiger charge is 2.15. The van der Waals surface area contributed by atoms with Gasteiger partial charge in [0.15, 0.2) is 0 Å². The molecule has 0 fully saturated rings. The number of carbonyl (C=O) groups is 2. The molecule has 110 valence electrons. The second kappa shape index (κ2) is 6.91. The second-order valence-corrected chi connectivity index (χ2v) is 4.92. The van der Waals surface area contributed by atoms with Crippen molar-refractivity contribution in [2.24, 2.45) is 5.73 Å². The van der Waals surface area contributed by atoms with E-state index < -0.39 is 12.0 Å². The van der Waals surface area contributed by atoms with Crippen molar-refractivity contribution in [3.05, 3.63) is 23.8 Å². The van der Waals surface area contributed by atoms with Gasteiger partial charge in [-0.25, -0.2) is 0 Å². The van der Waals surface area contributed by atoms with Gasteiger partial charge in [0.05, 0.1) is 6.04 Å². The first-order valence-electron chi connectivity index (χ1n) is 6.37. The Morgan fingerprint density at radius 3 is 2.60 bits per heavy atom. The Morgan fingerprint density at radius 1 is 1.40 bits per heavy atom. The third-order valence-electron chi connectivity index (χ3n) is 2.96. The van der Waals surface area contributed by atoms with Crippen LogP contribution in [-0.4, -0.2) is 37.1 Å². The fourth-order valence-electron chi connectivity index (χ4n) is 1.81. The summed E-state index contributed by atoms with van der Waals surface area (Å²) in [6, 6.07) is 4.74.